The number of nitrogens with two attached hydrogens (primary N) is 1. The van der Waals surface area contributed by atoms with Crippen molar-refractivity contribution in [3.8, 4) is 6.07 Å². The molecule has 1 aromatic carbocycles. The fourth-order valence-corrected chi connectivity index (χ4v) is 2.44. The van der Waals surface area contributed by atoms with Crippen molar-refractivity contribution in [1.29, 1.82) is 5.26 Å². The van der Waals surface area contributed by atoms with E-state index in [1.54, 1.807) is 6.07 Å². The molecule has 3 heteroatoms. The predicted molar refractivity (Wildman–Crippen MR) is 66.2 cm³/mol. The van der Waals surface area contributed by atoms with Gasteiger partial charge in [-0.15, -0.1) is 0 Å². The molecule has 0 amide bonds. The molecule has 2 N–H and O–H groups in total. The van der Waals surface area contributed by atoms with Crippen molar-refractivity contribution in [1.82, 2.24) is 0 Å². The van der Waals surface area contributed by atoms with Crippen LogP contribution in [0.2, 0.25) is 0 Å². The van der Waals surface area contributed by atoms with Gasteiger partial charge in [-0.1, -0.05) is 12.8 Å². The van der Waals surface area contributed by atoms with E-state index in [9.17, 15) is 0 Å². The van der Waals surface area contributed by atoms with Crippen molar-refractivity contribution in [2.24, 2.45) is 0 Å². The summed E-state index contributed by atoms with van der Waals surface area (Å²) in [5.74, 6) is 0. The summed E-state index contributed by atoms with van der Waals surface area (Å²) in [6.45, 7) is 0. The van der Waals surface area contributed by atoms with Gasteiger partial charge < -0.3 is 10.6 Å². The van der Waals surface area contributed by atoms with Crippen LogP contribution in [-0.2, 0) is 0 Å². The van der Waals surface area contributed by atoms with Gasteiger partial charge in [0.2, 0.25) is 0 Å². The van der Waals surface area contributed by atoms with Crippen LogP contribution in [0.1, 0.15) is 31.2 Å². The molecule has 0 aliphatic heterocycles. The maximum absolute atomic E-state index is 9.10. The van der Waals surface area contributed by atoms with Crippen molar-refractivity contribution in [2.75, 3.05) is 17.7 Å². The first kappa shape index (κ1) is 10.8. The largest absolute Gasteiger partial charge is 0.399 e. The minimum atomic E-state index is 0.579. The Bertz CT molecular complexity index is 414. The van der Waals surface area contributed by atoms with Crippen molar-refractivity contribution < 1.29 is 0 Å². The third-order valence-corrected chi connectivity index (χ3v) is 3.39. The first-order chi connectivity index (χ1) is 7.72. The molecule has 2 rings (SSSR count). The molecule has 1 saturated carbocycles. The van der Waals surface area contributed by atoms with Gasteiger partial charge in [0.25, 0.3) is 0 Å². The van der Waals surface area contributed by atoms with E-state index in [0.717, 1.165) is 5.69 Å². The SMILES string of the molecule is CN(c1ccc(N)cc1C#N)C1CCCC1. The molecule has 1 aliphatic carbocycles. The van der Waals surface area contributed by atoms with Crippen LogP contribution in [0, 0.1) is 11.3 Å². The molecule has 1 fully saturated rings. The zero-order valence-electron chi connectivity index (χ0n) is 9.61. The lowest BCUT2D eigenvalue weighted by Gasteiger charge is -2.27. The minimum Gasteiger partial charge on any atom is -0.399 e. The van der Waals surface area contributed by atoms with Gasteiger partial charge in [0.05, 0.1) is 11.3 Å². The van der Waals surface area contributed by atoms with Crippen LogP contribution in [-0.4, -0.2) is 13.1 Å². The molecule has 0 bridgehead atoms. The Hall–Kier alpha value is -1.69. The summed E-state index contributed by atoms with van der Waals surface area (Å²) >= 11 is 0. The van der Waals surface area contributed by atoms with Gasteiger partial charge in [-0.25, -0.2) is 0 Å². The average molecular weight is 215 g/mol. The topological polar surface area (TPSA) is 53.0 Å². The number of nitrogen functional groups attached to an aromatic ring is 1. The van der Waals surface area contributed by atoms with Crippen LogP contribution >= 0.6 is 0 Å². The summed E-state index contributed by atoms with van der Waals surface area (Å²) in [5, 5.41) is 9.10. The number of rotatable bonds is 2. The Morgan fingerprint density at radius 2 is 2.06 bits per heavy atom. The first-order valence-corrected chi connectivity index (χ1v) is 5.75. The Kier molecular flexibility index (Phi) is 3.00. The molecule has 0 spiro atoms. The van der Waals surface area contributed by atoms with E-state index in [-0.39, 0.29) is 0 Å². The van der Waals surface area contributed by atoms with E-state index in [4.69, 9.17) is 11.0 Å². The van der Waals surface area contributed by atoms with Gasteiger partial charge in [-0.05, 0) is 31.0 Å². The minimum absolute atomic E-state index is 0.579. The lowest BCUT2D eigenvalue weighted by Crippen LogP contribution is -2.29. The zero-order chi connectivity index (χ0) is 11.5. The monoisotopic (exact) mass is 215 g/mol. The Labute approximate surface area is 96.5 Å². The second kappa shape index (κ2) is 4.44. The fraction of sp³-hybridized carbons (Fsp3) is 0.462. The molecular weight excluding hydrogens is 198 g/mol. The third kappa shape index (κ3) is 1.96. The molecule has 0 heterocycles. The van der Waals surface area contributed by atoms with E-state index in [0.29, 0.717) is 17.3 Å². The highest BCUT2D eigenvalue weighted by Crippen LogP contribution is 2.29. The molecule has 1 aromatic rings. The number of hydrogen-bond donors (Lipinski definition) is 1. The van der Waals surface area contributed by atoms with Crippen LogP contribution in [0.3, 0.4) is 0 Å². The van der Waals surface area contributed by atoms with Gasteiger partial charge in [0.15, 0.2) is 0 Å². The first-order valence-electron chi connectivity index (χ1n) is 5.75. The standard InChI is InChI=1S/C13H17N3/c1-16(12-4-2-3-5-12)13-7-6-11(15)8-10(13)9-14/h6-8,12H,2-5,15H2,1H3. The quantitative estimate of drug-likeness (QED) is 0.771. The Morgan fingerprint density at radius 1 is 1.38 bits per heavy atom. The van der Waals surface area contributed by atoms with Crippen molar-refractivity contribution in [3.63, 3.8) is 0 Å². The zero-order valence-corrected chi connectivity index (χ0v) is 9.61. The summed E-state index contributed by atoms with van der Waals surface area (Å²) in [6.07, 6.45) is 5.05. The summed E-state index contributed by atoms with van der Waals surface area (Å²) < 4.78 is 0. The lowest BCUT2D eigenvalue weighted by molar-refractivity contribution is 0.653. The van der Waals surface area contributed by atoms with Crippen molar-refractivity contribution in [2.45, 2.75) is 31.7 Å². The summed E-state index contributed by atoms with van der Waals surface area (Å²) in [7, 11) is 2.07. The van der Waals surface area contributed by atoms with E-state index < -0.39 is 0 Å². The maximum Gasteiger partial charge on any atom is 0.101 e. The molecule has 16 heavy (non-hydrogen) atoms. The van der Waals surface area contributed by atoms with Crippen LogP contribution in [0.4, 0.5) is 11.4 Å². The second-order valence-electron chi connectivity index (χ2n) is 4.44. The van der Waals surface area contributed by atoms with E-state index in [2.05, 4.69) is 18.0 Å². The molecule has 0 aromatic heterocycles. The highest BCUT2D eigenvalue weighted by Gasteiger charge is 2.21. The third-order valence-electron chi connectivity index (χ3n) is 3.39. The molecule has 0 unspecified atom stereocenters. The van der Waals surface area contributed by atoms with Gasteiger partial charge >= 0.3 is 0 Å². The highest BCUT2D eigenvalue weighted by atomic mass is 15.1. The number of nitriles is 1. The molecule has 0 saturated heterocycles. The lowest BCUT2D eigenvalue weighted by atomic mass is 10.1. The van der Waals surface area contributed by atoms with Crippen LogP contribution in [0.15, 0.2) is 18.2 Å². The van der Waals surface area contributed by atoms with Crippen LogP contribution < -0.4 is 10.6 Å². The molecule has 84 valence electrons. The van der Waals surface area contributed by atoms with Crippen molar-refractivity contribution in [3.05, 3.63) is 23.8 Å². The summed E-state index contributed by atoms with van der Waals surface area (Å²) in [5.41, 5.74) is 8.02. The summed E-state index contributed by atoms with van der Waals surface area (Å²) in [4.78, 5) is 2.23. The molecule has 0 radical (unpaired) electrons. The second-order valence-corrected chi connectivity index (χ2v) is 4.44. The number of hydrogen-bond acceptors (Lipinski definition) is 3. The fourth-order valence-electron chi connectivity index (χ4n) is 2.44. The average Bonchev–Trinajstić information content (AvgIpc) is 2.81. The number of anilines is 2. The number of nitrogens with zero attached hydrogens (tertiary/aromatic N) is 2. The summed E-state index contributed by atoms with van der Waals surface area (Å²) in [6, 6.07) is 8.36. The van der Waals surface area contributed by atoms with E-state index in [1.165, 1.54) is 25.7 Å². The van der Waals surface area contributed by atoms with Gasteiger partial charge in [-0.2, -0.15) is 5.26 Å². The van der Waals surface area contributed by atoms with Crippen molar-refractivity contribution >= 4 is 11.4 Å². The molecule has 1 aliphatic rings. The predicted octanol–water partition coefficient (Wildman–Crippen LogP) is 2.52. The number of benzene rings is 1. The molecule has 0 atom stereocenters. The van der Waals surface area contributed by atoms with Crippen LogP contribution in [0.25, 0.3) is 0 Å². The normalized spacial score (nSPS) is 16.0. The molecular formula is C13H17N3. The molecule has 3 nitrogen and oxygen atoms in total. The maximum atomic E-state index is 9.10. The van der Waals surface area contributed by atoms with Crippen LogP contribution in [0.5, 0.6) is 0 Å². The van der Waals surface area contributed by atoms with Gasteiger partial charge in [0.1, 0.15) is 6.07 Å². The Morgan fingerprint density at radius 3 is 2.69 bits per heavy atom. The Balaban J connectivity index is 2.28. The van der Waals surface area contributed by atoms with E-state index >= 15 is 0 Å². The van der Waals surface area contributed by atoms with E-state index in [1.807, 2.05) is 12.1 Å². The smallest absolute Gasteiger partial charge is 0.101 e. The highest BCUT2D eigenvalue weighted by molar-refractivity contribution is 5.64. The van der Waals surface area contributed by atoms with Gasteiger partial charge in [0, 0.05) is 18.8 Å². The van der Waals surface area contributed by atoms with Gasteiger partial charge in [-0.3, -0.25) is 0 Å².